The first-order valence-corrected chi connectivity index (χ1v) is 11.3. The SMILES string of the molecule is CC.CC.CCNc1nccc(-c2c(-c3ccc(C)cc3)nc3cc(CC)ccn23)n1. The highest BCUT2D eigenvalue weighted by Crippen LogP contribution is 2.32. The number of rotatable bonds is 5. The van der Waals surface area contributed by atoms with E-state index in [2.05, 4.69) is 71.1 Å². The average Bonchev–Trinajstić information content (AvgIpc) is 3.21. The number of imidazole rings is 1. The van der Waals surface area contributed by atoms with E-state index in [-0.39, 0.29) is 0 Å². The second kappa shape index (κ2) is 11.8. The van der Waals surface area contributed by atoms with Crippen LogP contribution in [0.1, 0.15) is 52.7 Å². The number of fused-ring (bicyclic) bond motifs is 1. The summed E-state index contributed by atoms with van der Waals surface area (Å²) in [6, 6.07) is 14.7. The van der Waals surface area contributed by atoms with E-state index in [1.165, 1.54) is 11.1 Å². The van der Waals surface area contributed by atoms with Crippen LogP contribution >= 0.6 is 0 Å². The van der Waals surface area contributed by atoms with Crippen molar-refractivity contribution in [3.05, 3.63) is 66.0 Å². The number of hydrogen-bond acceptors (Lipinski definition) is 4. The van der Waals surface area contributed by atoms with Gasteiger partial charge in [0.2, 0.25) is 5.95 Å². The minimum Gasteiger partial charge on any atom is -0.354 e. The predicted octanol–water partition coefficient (Wildman–Crippen LogP) is 6.81. The smallest absolute Gasteiger partial charge is 0.223 e. The molecular weight excluding hydrogens is 382 g/mol. The zero-order valence-corrected chi connectivity index (χ0v) is 19.9. The second-order valence-electron chi connectivity index (χ2n) is 6.59. The normalized spacial score (nSPS) is 10.0. The van der Waals surface area contributed by atoms with Gasteiger partial charge in [-0.3, -0.25) is 4.40 Å². The minimum absolute atomic E-state index is 0.630. The maximum absolute atomic E-state index is 4.96. The summed E-state index contributed by atoms with van der Waals surface area (Å²) in [6.45, 7) is 15.1. The molecule has 3 heterocycles. The summed E-state index contributed by atoms with van der Waals surface area (Å²) in [4.78, 5) is 14.0. The van der Waals surface area contributed by atoms with Crippen LogP contribution in [0.2, 0.25) is 0 Å². The maximum Gasteiger partial charge on any atom is 0.223 e. The number of nitrogens with one attached hydrogen (secondary N) is 1. The van der Waals surface area contributed by atoms with Crippen LogP contribution in [-0.2, 0) is 6.42 Å². The Hall–Kier alpha value is -3.21. The lowest BCUT2D eigenvalue weighted by molar-refractivity contribution is 1.07. The molecule has 0 radical (unpaired) electrons. The molecule has 0 saturated carbocycles. The molecule has 4 aromatic rings. The average molecular weight is 418 g/mol. The highest BCUT2D eigenvalue weighted by atomic mass is 15.1. The van der Waals surface area contributed by atoms with Crippen molar-refractivity contribution in [1.29, 1.82) is 0 Å². The summed E-state index contributed by atoms with van der Waals surface area (Å²) >= 11 is 0. The van der Waals surface area contributed by atoms with E-state index in [9.17, 15) is 0 Å². The third-order valence-corrected chi connectivity index (χ3v) is 4.66. The number of aromatic nitrogens is 4. The Labute approximate surface area is 186 Å². The van der Waals surface area contributed by atoms with Crippen molar-refractivity contribution >= 4 is 11.6 Å². The number of pyridine rings is 1. The molecule has 164 valence electrons. The van der Waals surface area contributed by atoms with Crippen LogP contribution in [0.4, 0.5) is 5.95 Å². The number of aryl methyl sites for hydroxylation is 2. The summed E-state index contributed by atoms with van der Waals surface area (Å²) in [6.07, 6.45) is 4.86. The number of anilines is 1. The molecule has 3 aromatic heterocycles. The number of nitrogens with zero attached hydrogens (tertiary/aromatic N) is 4. The van der Waals surface area contributed by atoms with E-state index >= 15 is 0 Å². The van der Waals surface area contributed by atoms with Gasteiger partial charge >= 0.3 is 0 Å². The summed E-state index contributed by atoms with van der Waals surface area (Å²) in [5.41, 5.74) is 7.29. The zero-order valence-electron chi connectivity index (χ0n) is 19.9. The van der Waals surface area contributed by atoms with Gasteiger partial charge in [-0.1, -0.05) is 64.4 Å². The van der Waals surface area contributed by atoms with Crippen LogP contribution < -0.4 is 5.32 Å². The van der Waals surface area contributed by atoms with Crippen molar-refractivity contribution in [1.82, 2.24) is 19.4 Å². The molecule has 5 heteroatoms. The van der Waals surface area contributed by atoms with E-state index in [1.807, 2.05) is 40.7 Å². The summed E-state index contributed by atoms with van der Waals surface area (Å²) in [7, 11) is 0. The molecule has 0 aliphatic carbocycles. The first kappa shape index (κ1) is 24.1. The largest absolute Gasteiger partial charge is 0.354 e. The molecule has 31 heavy (non-hydrogen) atoms. The van der Waals surface area contributed by atoms with Crippen LogP contribution in [0.3, 0.4) is 0 Å². The highest BCUT2D eigenvalue weighted by Gasteiger charge is 2.17. The van der Waals surface area contributed by atoms with Gasteiger partial charge in [-0.05, 0) is 44.0 Å². The van der Waals surface area contributed by atoms with E-state index in [1.54, 1.807) is 6.20 Å². The molecule has 0 spiro atoms. The Balaban J connectivity index is 0.000000807. The fourth-order valence-electron chi connectivity index (χ4n) is 3.20. The Morgan fingerprint density at radius 1 is 0.903 bits per heavy atom. The zero-order chi connectivity index (χ0) is 22.8. The topological polar surface area (TPSA) is 55.1 Å². The first-order chi connectivity index (χ1) is 15.2. The van der Waals surface area contributed by atoms with Gasteiger partial charge in [0.05, 0.1) is 17.1 Å². The van der Waals surface area contributed by atoms with E-state index < -0.39 is 0 Å². The standard InChI is InChI=1S/C22H23N5.2C2H6/c1-4-16-11-13-27-19(14-16)26-20(17-8-6-15(3)7-9-17)21(27)18-10-12-24-22(25-18)23-5-2;2*1-2/h6-14H,4-5H2,1-3H3,(H,23,24,25);2*1-2H3. The van der Waals surface area contributed by atoms with Crippen molar-refractivity contribution in [3.8, 4) is 22.6 Å². The molecule has 0 atom stereocenters. The molecule has 0 amide bonds. The van der Waals surface area contributed by atoms with Crippen molar-refractivity contribution in [2.24, 2.45) is 0 Å². The molecule has 4 rings (SSSR count). The van der Waals surface area contributed by atoms with Crippen molar-refractivity contribution in [2.75, 3.05) is 11.9 Å². The van der Waals surface area contributed by atoms with Crippen LogP contribution in [-0.4, -0.2) is 25.9 Å². The van der Waals surface area contributed by atoms with Crippen molar-refractivity contribution in [3.63, 3.8) is 0 Å². The molecule has 0 saturated heterocycles. The molecule has 0 aliphatic heterocycles. The molecular formula is C26H35N5. The quantitative estimate of drug-likeness (QED) is 0.387. The minimum atomic E-state index is 0.630. The maximum atomic E-state index is 4.96. The molecule has 1 aromatic carbocycles. The summed E-state index contributed by atoms with van der Waals surface area (Å²) in [5.74, 6) is 0.630. The molecule has 1 N–H and O–H groups in total. The van der Waals surface area contributed by atoms with Gasteiger partial charge in [0.15, 0.2) is 0 Å². The molecule has 0 aliphatic rings. The number of benzene rings is 1. The van der Waals surface area contributed by atoms with E-state index in [4.69, 9.17) is 9.97 Å². The fourth-order valence-corrected chi connectivity index (χ4v) is 3.20. The van der Waals surface area contributed by atoms with Gasteiger partial charge < -0.3 is 5.32 Å². The lowest BCUT2D eigenvalue weighted by atomic mass is 10.1. The molecule has 0 fully saturated rings. The van der Waals surface area contributed by atoms with Crippen LogP contribution in [0.25, 0.3) is 28.3 Å². The van der Waals surface area contributed by atoms with Gasteiger partial charge in [-0.25, -0.2) is 15.0 Å². The van der Waals surface area contributed by atoms with Crippen LogP contribution in [0.5, 0.6) is 0 Å². The van der Waals surface area contributed by atoms with Crippen LogP contribution in [0.15, 0.2) is 54.9 Å². The predicted molar refractivity (Wildman–Crippen MR) is 133 cm³/mol. The van der Waals surface area contributed by atoms with Crippen molar-refractivity contribution < 1.29 is 0 Å². The first-order valence-electron chi connectivity index (χ1n) is 11.3. The third-order valence-electron chi connectivity index (χ3n) is 4.66. The van der Waals surface area contributed by atoms with E-state index in [0.717, 1.165) is 41.3 Å². The fraction of sp³-hybridized carbons (Fsp3) is 0.346. The second-order valence-corrected chi connectivity index (χ2v) is 6.59. The Bertz CT molecular complexity index is 1080. The monoisotopic (exact) mass is 417 g/mol. The highest BCUT2D eigenvalue weighted by molar-refractivity contribution is 5.80. The Morgan fingerprint density at radius 2 is 1.61 bits per heavy atom. The molecule has 5 nitrogen and oxygen atoms in total. The van der Waals surface area contributed by atoms with Crippen molar-refractivity contribution in [2.45, 2.75) is 54.9 Å². The van der Waals surface area contributed by atoms with E-state index in [0.29, 0.717) is 5.95 Å². The summed E-state index contributed by atoms with van der Waals surface area (Å²) < 4.78 is 2.12. The van der Waals surface area contributed by atoms with Gasteiger partial charge in [0.25, 0.3) is 0 Å². The van der Waals surface area contributed by atoms with Gasteiger partial charge in [-0.15, -0.1) is 0 Å². The Morgan fingerprint density at radius 3 is 2.26 bits per heavy atom. The Kier molecular flexibility index (Phi) is 9.19. The van der Waals surface area contributed by atoms with Gasteiger partial charge in [-0.2, -0.15) is 0 Å². The van der Waals surface area contributed by atoms with Gasteiger partial charge in [0.1, 0.15) is 5.65 Å². The molecule has 0 bridgehead atoms. The third kappa shape index (κ3) is 5.48. The lowest BCUT2D eigenvalue weighted by Crippen LogP contribution is -2.03. The molecule has 0 unspecified atom stereocenters. The lowest BCUT2D eigenvalue weighted by Gasteiger charge is -2.08. The number of hydrogen-bond donors (Lipinski definition) is 1. The van der Waals surface area contributed by atoms with Crippen LogP contribution in [0, 0.1) is 6.92 Å². The summed E-state index contributed by atoms with van der Waals surface area (Å²) in [5, 5.41) is 3.19. The van der Waals surface area contributed by atoms with Gasteiger partial charge in [0, 0.05) is 24.5 Å².